The van der Waals surface area contributed by atoms with Crippen molar-refractivity contribution < 1.29 is 9.53 Å². The molecule has 0 atom stereocenters. The van der Waals surface area contributed by atoms with E-state index in [4.69, 9.17) is 4.74 Å². The van der Waals surface area contributed by atoms with E-state index in [1.165, 1.54) is 0 Å². The highest BCUT2D eigenvalue weighted by Crippen LogP contribution is 2.28. The lowest BCUT2D eigenvalue weighted by Crippen LogP contribution is -2.32. The van der Waals surface area contributed by atoms with Gasteiger partial charge in [-0.15, -0.1) is 0 Å². The van der Waals surface area contributed by atoms with Crippen molar-refractivity contribution in [2.24, 2.45) is 0 Å². The molecule has 0 aliphatic rings. The largest absolute Gasteiger partial charge is 0.489 e. The Kier molecular flexibility index (Phi) is 7.45. The van der Waals surface area contributed by atoms with Crippen molar-refractivity contribution in [3.05, 3.63) is 48.3 Å². The minimum Gasteiger partial charge on any atom is -0.489 e. The van der Waals surface area contributed by atoms with Gasteiger partial charge in [0.15, 0.2) is 0 Å². The van der Waals surface area contributed by atoms with Gasteiger partial charge in [0.25, 0.3) is 5.91 Å². The number of nitrogens with one attached hydrogen (secondary N) is 1. The maximum atomic E-state index is 12.8. The number of pyridine rings is 1. The molecule has 1 aromatic heterocycles. The molecule has 2 rings (SSSR count). The van der Waals surface area contributed by atoms with Crippen LogP contribution in [0.25, 0.3) is 0 Å². The van der Waals surface area contributed by atoms with E-state index >= 15 is 0 Å². The first kappa shape index (κ1) is 19.8. The van der Waals surface area contributed by atoms with Gasteiger partial charge in [0.05, 0.1) is 29.2 Å². The van der Waals surface area contributed by atoms with Crippen molar-refractivity contribution in [3.8, 4) is 5.75 Å². The first-order valence-corrected chi connectivity index (χ1v) is 9.32. The molecule has 0 aliphatic carbocycles. The molecule has 0 radical (unpaired) electrons. The molecule has 26 heavy (non-hydrogen) atoms. The average Bonchev–Trinajstić information content (AvgIpc) is 2.62. The van der Waals surface area contributed by atoms with E-state index < -0.39 is 0 Å². The van der Waals surface area contributed by atoms with Crippen molar-refractivity contribution in [2.45, 2.75) is 46.6 Å². The van der Waals surface area contributed by atoms with Crippen LogP contribution in [0, 0.1) is 0 Å². The molecule has 1 N–H and O–H groups in total. The zero-order valence-corrected chi connectivity index (χ0v) is 16.2. The molecule has 0 bridgehead atoms. The van der Waals surface area contributed by atoms with Crippen molar-refractivity contribution in [2.75, 3.05) is 18.4 Å². The van der Waals surface area contributed by atoms with Gasteiger partial charge in [0.1, 0.15) is 5.75 Å². The van der Waals surface area contributed by atoms with Gasteiger partial charge in [0, 0.05) is 19.3 Å². The molecule has 0 spiro atoms. The van der Waals surface area contributed by atoms with Crippen molar-refractivity contribution in [1.29, 1.82) is 0 Å². The summed E-state index contributed by atoms with van der Waals surface area (Å²) >= 11 is 0. The average molecular weight is 355 g/mol. The Labute approximate surface area is 156 Å². The molecule has 5 nitrogen and oxygen atoms in total. The van der Waals surface area contributed by atoms with Crippen LogP contribution in [0.5, 0.6) is 5.75 Å². The quantitative estimate of drug-likeness (QED) is 0.697. The summed E-state index contributed by atoms with van der Waals surface area (Å²) in [6.07, 6.45) is 5.31. The van der Waals surface area contributed by atoms with Gasteiger partial charge >= 0.3 is 0 Å². The van der Waals surface area contributed by atoms with E-state index in [1.807, 2.05) is 49.1 Å². The number of para-hydroxylation sites is 2. The van der Waals surface area contributed by atoms with Crippen LogP contribution in [0.15, 0.2) is 42.7 Å². The maximum absolute atomic E-state index is 12.8. The Morgan fingerprint density at radius 1 is 1.15 bits per heavy atom. The lowest BCUT2D eigenvalue weighted by Gasteiger charge is -2.21. The monoisotopic (exact) mass is 355 g/mol. The number of carbonyl (C=O) groups is 1. The molecular weight excluding hydrogens is 326 g/mol. The van der Waals surface area contributed by atoms with Crippen LogP contribution in [0.2, 0.25) is 0 Å². The van der Waals surface area contributed by atoms with Gasteiger partial charge in [-0.05, 0) is 44.9 Å². The summed E-state index contributed by atoms with van der Waals surface area (Å²) in [5, 5.41) is 3.32. The number of nitrogens with zero attached hydrogens (tertiary/aromatic N) is 2. The SMILES string of the molecule is CCCN(CCC)C(=O)c1cncc(Nc2ccccc2OC(C)C)c1. The second-order valence-electron chi connectivity index (χ2n) is 6.54. The van der Waals surface area contributed by atoms with Crippen LogP contribution >= 0.6 is 0 Å². The molecular formula is C21H29N3O2. The van der Waals surface area contributed by atoms with E-state index in [9.17, 15) is 4.79 Å². The molecule has 140 valence electrons. The Bertz CT molecular complexity index is 710. The fraction of sp³-hybridized carbons (Fsp3) is 0.429. The third-order valence-corrected chi connectivity index (χ3v) is 3.79. The minimum absolute atomic E-state index is 0.0246. The second-order valence-corrected chi connectivity index (χ2v) is 6.54. The van der Waals surface area contributed by atoms with Gasteiger partial charge in [0.2, 0.25) is 0 Å². The highest BCUT2D eigenvalue weighted by Gasteiger charge is 2.15. The van der Waals surface area contributed by atoms with Gasteiger partial charge in [-0.3, -0.25) is 9.78 Å². The Morgan fingerprint density at radius 3 is 2.50 bits per heavy atom. The third-order valence-electron chi connectivity index (χ3n) is 3.79. The third kappa shape index (κ3) is 5.48. The number of ether oxygens (including phenoxy) is 1. The van der Waals surface area contributed by atoms with Crippen LogP contribution in [0.4, 0.5) is 11.4 Å². The maximum Gasteiger partial charge on any atom is 0.255 e. The Morgan fingerprint density at radius 2 is 1.85 bits per heavy atom. The zero-order valence-electron chi connectivity index (χ0n) is 16.2. The number of hydrogen-bond acceptors (Lipinski definition) is 4. The van der Waals surface area contributed by atoms with Crippen molar-refractivity contribution >= 4 is 17.3 Å². The summed E-state index contributed by atoms with van der Waals surface area (Å²) in [5.74, 6) is 0.800. The molecule has 1 aromatic carbocycles. The van der Waals surface area contributed by atoms with Gasteiger partial charge < -0.3 is 15.0 Å². The molecule has 0 saturated heterocycles. The second kappa shape index (κ2) is 9.80. The number of aromatic nitrogens is 1. The van der Waals surface area contributed by atoms with Crippen LogP contribution < -0.4 is 10.1 Å². The Balaban J connectivity index is 2.20. The summed E-state index contributed by atoms with van der Waals surface area (Å²) < 4.78 is 5.84. The summed E-state index contributed by atoms with van der Waals surface area (Å²) in [6, 6.07) is 9.61. The Hall–Kier alpha value is -2.56. The zero-order chi connectivity index (χ0) is 18.9. The summed E-state index contributed by atoms with van der Waals surface area (Å²) in [4.78, 5) is 18.9. The molecule has 1 amide bonds. The van der Waals surface area contributed by atoms with Gasteiger partial charge in [-0.2, -0.15) is 0 Å². The minimum atomic E-state index is 0.0246. The van der Waals surface area contributed by atoms with E-state index in [1.54, 1.807) is 12.4 Å². The first-order valence-electron chi connectivity index (χ1n) is 9.32. The van der Waals surface area contributed by atoms with E-state index in [0.717, 1.165) is 43.1 Å². The van der Waals surface area contributed by atoms with Crippen LogP contribution in [0.1, 0.15) is 50.9 Å². The topological polar surface area (TPSA) is 54.5 Å². The number of amides is 1. The smallest absolute Gasteiger partial charge is 0.255 e. The number of hydrogen-bond donors (Lipinski definition) is 1. The molecule has 5 heteroatoms. The predicted octanol–water partition coefficient (Wildman–Crippen LogP) is 4.87. The first-order chi connectivity index (χ1) is 12.5. The molecule has 0 fully saturated rings. The molecule has 0 saturated carbocycles. The number of anilines is 2. The van der Waals surface area contributed by atoms with Crippen LogP contribution in [0.3, 0.4) is 0 Å². The van der Waals surface area contributed by atoms with Crippen molar-refractivity contribution in [1.82, 2.24) is 9.88 Å². The fourth-order valence-corrected chi connectivity index (χ4v) is 2.74. The van der Waals surface area contributed by atoms with Crippen LogP contribution in [-0.2, 0) is 0 Å². The van der Waals surface area contributed by atoms with E-state index in [0.29, 0.717) is 5.56 Å². The predicted molar refractivity (Wildman–Crippen MR) is 106 cm³/mol. The molecule has 0 unspecified atom stereocenters. The van der Waals surface area contributed by atoms with Gasteiger partial charge in [-0.25, -0.2) is 0 Å². The summed E-state index contributed by atoms with van der Waals surface area (Å²) in [7, 11) is 0. The highest BCUT2D eigenvalue weighted by atomic mass is 16.5. The lowest BCUT2D eigenvalue weighted by atomic mass is 10.2. The summed E-state index contributed by atoms with van der Waals surface area (Å²) in [6.45, 7) is 9.67. The summed E-state index contributed by atoms with van der Waals surface area (Å²) in [5.41, 5.74) is 2.22. The van der Waals surface area contributed by atoms with Gasteiger partial charge in [-0.1, -0.05) is 26.0 Å². The van der Waals surface area contributed by atoms with E-state index in [-0.39, 0.29) is 12.0 Å². The van der Waals surface area contributed by atoms with E-state index in [2.05, 4.69) is 24.1 Å². The van der Waals surface area contributed by atoms with Crippen molar-refractivity contribution in [3.63, 3.8) is 0 Å². The fourth-order valence-electron chi connectivity index (χ4n) is 2.74. The molecule has 0 aliphatic heterocycles. The molecule has 1 heterocycles. The lowest BCUT2D eigenvalue weighted by molar-refractivity contribution is 0.0755. The standard InChI is InChI=1S/C21H29N3O2/c1-5-11-24(12-6-2)21(25)17-13-18(15-22-14-17)23-19-9-7-8-10-20(19)26-16(3)4/h7-10,13-16,23H,5-6,11-12H2,1-4H3. The molecule has 2 aromatic rings. The normalized spacial score (nSPS) is 10.7. The number of carbonyl (C=O) groups excluding carboxylic acids is 1. The van der Waals surface area contributed by atoms with Crippen LogP contribution in [-0.4, -0.2) is 35.0 Å². The highest BCUT2D eigenvalue weighted by molar-refractivity contribution is 5.95. The number of rotatable bonds is 9. The number of benzene rings is 1.